The molecule has 0 aliphatic heterocycles. The normalized spacial score (nSPS) is 10.7. The number of aromatic nitrogens is 4. The van der Waals surface area contributed by atoms with Crippen LogP contribution in [0.25, 0.3) is 0 Å². The van der Waals surface area contributed by atoms with E-state index in [1.54, 1.807) is 21.8 Å². The lowest BCUT2D eigenvalue weighted by Crippen LogP contribution is -2.04. The van der Waals surface area contributed by atoms with E-state index in [-0.39, 0.29) is 5.78 Å². The first-order valence-electron chi connectivity index (χ1n) is 5.07. The Balaban J connectivity index is 2.18. The van der Waals surface area contributed by atoms with Gasteiger partial charge in [0.05, 0.1) is 18.0 Å². The third-order valence-electron chi connectivity index (χ3n) is 2.66. The van der Waals surface area contributed by atoms with Crippen LogP contribution in [-0.2, 0) is 20.5 Å². The van der Waals surface area contributed by atoms with Crippen molar-refractivity contribution >= 4 is 5.78 Å². The first kappa shape index (κ1) is 10.6. The first-order valence-corrected chi connectivity index (χ1v) is 5.07. The van der Waals surface area contributed by atoms with Crippen molar-refractivity contribution in [2.24, 2.45) is 14.1 Å². The largest absolute Gasteiger partial charge is 0.294 e. The molecule has 0 saturated carbocycles. The second kappa shape index (κ2) is 3.92. The van der Waals surface area contributed by atoms with E-state index in [1.165, 1.54) is 0 Å². The number of aryl methyl sites for hydroxylation is 2. The summed E-state index contributed by atoms with van der Waals surface area (Å²) >= 11 is 0. The summed E-state index contributed by atoms with van der Waals surface area (Å²) in [6.45, 7) is 1.89. The van der Waals surface area contributed by atoms with Gasteiger partial charge in [0.2, 0.25) is 0 Å². The van der Waals surface area contributed by atoms with Gasteiger partial charge in [-0.1, -0.05) is 0 Å². The van der Waals surface area contributed by atoms with Gasteiger partial charge in [0.1, 0.15) is 0 Å². The van der Waals surface area contributed by atoms with Gasteiger partial charge in [-0.2, -0.15) is 10.2 Å². The van der Waals surface area contributed by atoms with Crippen LogP contribution >= 0.6 is 0 Å². The zero-order valence-corrected chi connectivity index (χ0v) is 9.64. The van der Waals surface area contributed by atoms with Gasteiger partial charge < -0.3 is 0 Å². The quantitative estimate of drug-likeness (QED) is 0.719. The minimum absolute atomic E-state index is 0.0820. The molecule has 2 aromatic rings. The molecule has 0 fully saturated rings. The lowest BCUT2D eigenvalue weighted by Gasteiger charge is -1.98. The number of nitrogens with zero attached hydrogens (tertiary/aromatic N) is 4. The van der Waals surface area contributed by atoms with Crippen molar-refractivity contribution < 1.29 is 4.79 Å². The number of ketones is 1. The molecule has 0 bridgehead atoms. The Labute approximate surface area is 93.7 Å². The molecule has 0 amide bonds. The van der Waals surface area contributed by atoms with Crippen LogP contribution in [0.15, 0.2) is 18.6 Å². The van der Waals surface area contributed by atoms with Crippen molar-refractivity contribution in [1.29, 1.82) is 0 Å². The average molecular weight is 218 g/mol. The van der Waals surface area contributed by atoms with Crippen molar-refractivity contribution in [1.82, 2.24) is 19.6 Å². The van der Waals surface area contributed by atoms with Crippen LogP contribution in [0.3, 0.4) is 0 Å². The summed E-state index contributed by atoms with van der Waals surface area (Å²) in [5.74, 6) is 0.0820. The first-order chi connectivity index (χ1) is 7.58. The van der Waals surface area contributed by atoms with Crippen LogP contribution in [0.1, 0.15) is 21.6 Å². The summed E-state index contributed by atoms with van der Waals surface area (Å²) < 4.78 is 3.40. The third kappa shape index (κ3) is 1.88. The molecule has 0 aliphatic rings. The van der Waals surface area contributed by atoms with Gasteiger partial charge in [0.15, 0.2) is 5.78 Å². The van der Waals surface area contributed by atoms with E-state index in [0.717, 1.165) is 11.3 Å². The molecular weight excluding hydrogens is 204 g/mol. The summed E-state index contributed by atoms with van der Waals surface area (Å²) in [6, 6.07) is 0. The van der Waals surface area contributed by atoms with Crippen LogP contribution in [0.4, 0.5) is 0 Å². The second-order valence-corrected chi connectivity index (χ2v) is 3.89. The summed E-state index contributed by atoms with van der Waals surface area (Å²) in [5, 5.41) is 8.09. The molecule has 84 valence electrons. The highest BCUT2D eigenvalue weighted by molar-refractivity contribution is 5.98. The van der Waals surface area contributed by atoms with E-state index in [2.05, 4.69) is 10.2 Å². The number of hydrogen-bond acceptors (Lipinski definition) is 3. The molecule has 16 heavy (non-hydrogen) atoms. The fraction of sp³-hybridized carbons (Fsp3) is 0.364. The zero-order valence-electron chi connectivity index (χ0n) is 9.64. The highest BCUT2D eigenvalue weighted by Gasteiger charge is 2.13. The van der Waals surface area contributed by atoms with Crippen molar-refractivity contribution in [2.45, 2.75) is 13.3 Å². The van der Waals surface area contributed by atoms with Crippen molar-refractivity contribution in [3.8, 4) is 0 Å². The van der Waals surface area contributed by atoms with Crippen molar-refractivity contribution in [2.75, 3.05) is 0 Å². The van der Waals surface area contributed by atoms with Gasteiger partial charge in [0, 0.05) is 32.4 Å². The maximum absolute atomic E-state index is 12.0. The molecule has 0 atom stereocenters. The second-order valence-electron chi connectivity index (χ2n) is 3.89. The molecule has 2 heterocycles. The van der Waals surface area contributed by atoms with E-state index >= 15 is 0 Å². The fourth-order valence-electron chi connectivity index (χ4n) is 1.62. The standard InChI is InChI=1S/C11H14N4O/c1-8-10(6-13-15(8)3)11(16)4-9-5-12-14(2)7-9/h5-7H,4H2,1-3H3. The SMILES string of the molecule is Cc1c(C(=O)Cc2cnn(C)c2)cnn1C. The maximum Gasteiger partial charge on any atom is 0.170 e. The number of rotatable bonds is 3. The number of carbonyl (C=O) groups excluding carboxylic acids is 1. The van der Waals surface area contributed by atoms with E-state index in [0.29, 0.717) is 12.0 Å². The average Bonchev–Trinajstić information content (AvgIpc) is 2.76. The van der Waals surface area contributed by atoms with Crippen LogP contribution in [0, 0.1) is 6.92 Å². The lowest BCUT2D eigenvalue weighted by molar-refractivity contribution is 0.0992. The monoisotopic (exact) mass is 218 g/mol. The minimum atomic E-state index is 0.0820. The highest BCUT2D eigenvalue weighted by Crippen LogP contribution is 2.10. The van der Waals surface area contributed by atoms with Crippen LogP contribution in [0.2, 0.25) is 0 Å². The maximum atomic E-state index is 12.0. The smallest absolute Gasteiger partial charge is 0.170 e. The van der Waals surface area contributed by atoms with E-state index in [1.807, 2.05) is 27.2 Å². The minimum Gasteiger partial charge on any atom is -0.294 e. The number of hydrogen-bond donors (Lipinski definition) is 0. The Morgan fingerprint density at radius 3 is 2.56 bits per heavy atom. The van der Waals surface area contributed by atoms with Gasteiger partial charge >= 0.3 is 0 Å². The Bertz CT molecular complexity index is 524. The molecule has 0 saturated heterocycles. The lowest BCUT2D eigenvalue weighted by atomic mass is 10.1. The summed E-state index contributed by atoms with van der Waals surface area (Å²) in [4.78, 5) is 12.0. The Morgan fingerprint density at radius 1 is 1.31 bits per heavy atom. The summed E-state index contributed by atoms with van der Waals surface area (Å²) in [5.41, 5.74) is 2.51. The molecule has 0 aromatic carbocycles. The van der Waals surface area contributed by atoms with Gasteiger partial charge in [-0.3, -0.25) is 14.2 Å². The summed E-state index contributed by atoms with van der Waals surface area (Å²) in [7, 11) is 3.67. The predicted octanol–water partition coefficient (Wildman–Crippen LogP) is 0.887. The molecule has 0 aliphatic carbocycles. The molecule has 0 spiro atoms. The summed E-state index contributed by atoms with van der Waals surface area (Å²) in [6.07, 6.45) is 5.56. The van der Waals surface area contributed by atoms with Crippen LogP contribution in [-0.4, -0.2) is 25.3 Å². The van der Waals surface area contributed by atoms with Gasteiger partial charge in [0.25, 0.3) is 0 Å². The fourth-order valence-corrected chi connectivity index (χ4v) is 1.62. The van der Waals surface area contributed by atoms with Crippen molar-refractivity contribution in [3.05, 3.63) is 35.4 Å². The molecule has 0 radical (unpaired) electrons. The van der Waals surface area contributed by atoms with Gasteiger partial charge in [-0.25, -0.2) is 0 Å². The number of Topliss-reactive ketones (excluding diaryl/α,β-unsaturated/α-hetero) is 1. The van der Waals surface area contributed by atoms with Crippen molar-refractivity contribution in [3.63, 3.8) is 0 Å². The number of carbonyl (C=O) groups is 1. The molecule has 0 N–H and O–H groups in total. The molecule has 5 heteroatoms. The highest BCUT2D eigenvalue weighted by atomic mass is 16.1. The van der Waals surface area contributed by atoms with Gasteiger partial charge in [-0.05, 0) is 12.5 Å². The third-order valence-corrected chi connectivity index (χ3v) is 2.66. The molecule has 0 unspecified atom stereocenters. The van der Waals surface area contributed by atoms with E-state index in [4.69, 9.17) is 0 Å². The van der Waals surface area contributed by atoms with E-state index < -0.39 is 0 Å². The predicted molar refractivity (Wildman–Crippen MR) is 59.2 cm³/mol. The molecular formula is C11H14N4O. The Morgan fingerprint density at radius 2 is 2.06 bits per heavy atom. The molecule has 5 nitrogen and oxygen atoms in total. The topological polar surface area (TPSA) is 52.7 Å². The molecule has 2 aromatic heterocycles. The Hall–Kier alpha value is -1.91. The Kier molecular flexibility index (Phi) is 2.60. The zero-order chi connectivity index (χ0) is 11.7. The van der Waals surface area contributed by atoms with E-state index in [9.17, 15) is 4.79 Å². The van der Waals surface area contributed by atoms with Crippen LogP contribution in [0.5, 0.6) is 0 Å². The van der Waals surface area contributed by atoms with Crippen LogP contribution < -0.4 is 0 Å². The van der Waals surface area contributed by atoms with Gasteiger partial charge in [-0.15, -0.1) is 0 Å². The molecule has 2 rings (SSSR count).